The highest BCUT2D eigenvalue weighted by Gasteiger charge is 2.14. The number of aromatic nitrogens is 2. The van der Waals surface area contributed by atoms with Crippen molar-refractivity contribution in [3.8, 4) is 11.5 Å². The molecule has 138 valence electrons. The first-order chi connectivity index (χ1) is 12.5. The number of hydrogen-bond acceptors (Lipinski definition) is 8. The van der Waals surface area contributed by atoms with E-state index in [1.807, 2.05) is 0 Å². The van der Waals surface area contributed by atoms with Crippen LogP contribution in [0.15, 0.2) is 36.7 Å². The van der Waals surface area contributed by atoms with Crippen LogP contribution in [0.1, 0.15) is 0 Å². The molecule has 0 atom stereocenters. The Bertz CT molecular complexity index is 754. The molecule has 26 heavy (non-hydrogen) atoms. The van der Waals surface area contributed by atoms with Crippen LogP contribution in [0.25, 0.3) is 0 Å². The molecule has 1 N–H and O–H groups in total. The average Bonchev–Trinajstić information content (AvgIpc) is 2.67. The van der Waals surface area contributed by atoms with Gasteiger partial charge in [0.1, 0.15) is 18.0 Å². The highest BCUT2D eigenvalue weighted by atomic mass is 16.5. The molecule has 0 saturated carbocycles. The Hall–Kier alpha value is -3.36. The van der Waals surface area contributed by atoms with Crippen molar-refractivity contribution in [2.75, 3.05) is 44.6 Å². The van der Waals surface area contributed by atoms with Gasteiger partial charge in [-0.2, -0.15) is 0 Å². The largest absolute Gasteiger partial charge is 0.497 e. The van der Waals surface area contributed by atoms with Gasteiger partial charge in [-0.3, -0.25) is 9.59 Å². The number of hydrogen-bond donors (Lipinski definition) is 1. The number of methoxy groups -OCH3 is 2. The van der Waals surface area contributed by atoms with Gasteiger partial charge < -0.3 is 24.4 Å². The van der Waals surface area contributed by atoms with Gasteiger partial charge in [0, 0.05) is 25.5 Å². The maximum absolute atomic E-state index is 12.0. The van der Waals surface area contributed by atoms with E-state index in [0.717, 1.165) is 0 Å². The molecule has 2 rings (SSSR count). The van der Waals surface area contributed by atoms with Crippen LogP contribution >= 0.6 is 0 Å². The van der Waals surface area contributed by atoms with Crippen molar-refractivity contribution in [1.29, 1.82) is 0 Å². The summed E-state index contributed by atoms with van der Waals surface area (Å²) >= 11 is 0. The van der Waals surface area contributed by atoms with Gasteiger partial charge in [-0.05, 0) is 18.2 Å². The lowest BCUT2D eigenvalue weighted by molar-refractivity contribution is -0.145. The fraction of sp³-hybridized carbons (Fsp3) is 0.294. The van der Waals surface area contributed by atoms with E-state index in [9.17, 15) is 9.59 Å². The van der Waals surface area contributed by atoms with Crippen molar-refractivity contribution < 1.29 is 23.8 Å². The van der Waals surface area contributed by atoms with Gasteiger partial charge in [0.2, 0.25) is 5.95 Å². The van der Waals surface area contributed by atoms with E-state index in [4.69, 9.17) is 14.2 Å². The van der Waals surface area contributed by atoms with Gasteiger partial charge >= 0.3 is 5.97 Å². The average molecular weight is 360 g/mol. The monoisotopic (exact) mass is 360 g/mol. The molecule has 0 fully saturated rings. The zero-order valence-corrected chi connectivity index (χ0v) is 14.8. The van der Waals surface area contributed by atoms with Crippen LogP contribution in [0.3, 0.4) is 0 Å². The summed E-state index contributed by atoms with van der Waals surface area (Å²) in [5.74, 6) is 0.358. The molecular formula is C17H20N4O5. The van der Waals surface area contributed by atoms with Crippen LogP contribution in [0, 0.1) is 0 Å². The van der Waals surface area contributed by atoms with Crippen LogP contribution in [-0.2, 0) is 14.3 Å². The van der Waals surface area contributed by atoms with Gasteiger partial charge in [0.05, 0.1) is 19.9 Å². The van der Waals surface area contributed by atoms with Gasteiger partial charge in [0.15, 0.2) is 6.61 Å². The summed E-state index contributed by atoms with van der Waals surface area (Å²) in [5, 5.41) is 2.62. The Morgan fingerprint density at radius 2 is 1.88 bits per heavy atom. The van der Waals surface area contributed by atoms with Crippen molar-refractivity contribution in [2.45, 2.75) is 0 Å². The van der Waals surface area contributed by atoms with Gasteiger partial charge in [0.25, 0.3) is 5.91 Å². The molecule has 1 amide bonds. The minimum absolute atomic E-state index is 0.0802. The molecule has 1 aromatic heterocycles. The highest BCUT2D eigenvalue weighted by Crippen LogP contribution is 2.28. The van der Waals surface area contributed by atoms with Crippen molar-refractivity contribution in [1.82, 2.24) is 9.97 Å². The number of benzene rings is 1. The summed E-state index contributed by atoms with van der Waals surface area (Å²) in [7, 11) is 4.66. The number of likely N-dealkylation sites (N-methyl/N-ethyl adjacent to an activating group) is 1. The summed E-state index contributed by atoms with van der Waals surface area (Å²) in [4.78, 5) is 33.4. The van der Waals surface area contributed by atoms with E-state index in [0.29, 0.717) is 23.1 Å². The zero-order valence-electron chi connectivity index (χ0n) is 14.8. The molecule has 0 saturated heterocycles. The molecule has 0 aliphatic heterocycles. The van der Waals surface area contributed by atoms with Crippen LogP contribution in [0.4, 0.5) is 11.6 Å². The SMILES string of the molecule is COc1ccc(NC(=O)COC(=O)CN(C)c2ncccn2)c(OC)c1. The Kier molecular flexibility index (Phi) is 6.72. The van der Waals surface area contributed by atoms with Crippen LogP contribution < -0.4 is 19.7 Å². The first-order valence-corrected chi connectivity index (χ1v) is 7.69. The molecule has 9 nitrogen and oxygen atoms in total. The standard InChI is InChI=1S/C17H20N4O5/c1-21(17-18-7-4-8-19-17)10-16(23)26-11-15(22)20-13-6-5-12(24-2)9-14(13)25-3/h4-9H,10-11H2,1-3H3,(H,20,22). The molecule has 0 bridgehead atoms. The Balaban J connectivity index is 1.84. The maximum Gasteiger partial charge on any atom is 0.326 e. The third kappa shape index (κ3) is 5.33. The predicted molar refractivity (Wildman–Crippen MR) is 94.4 cm³/mol. The van der Waals surface area contributed by atoms with Crippen LogP contribution in [0.2, 0.25) is 0 Å². The topological polar surface area (TPSA) is 103 Å². The maximum atomic E-state index is 12.0. The van der Waals surface area contributed by atoms with Crippen molar-refractivity contribution >= 4 is 23.5 Å². The lowest BCUT2D eigenvalue weighted by Crippen LogP contribution is -2.30. The normalized spacial score (nSPS) is 9.96. The van der Waals surface area contributed by atoms with Crippen molar-refractivity contribution in [3.05, 3.63) is 36.7 Å². The Labute approximate surface area is 150 Å². The minimum Gasteiger partial charge on any atom is -0.497 e. The highest BCUT2D eigenvalue weighted by molar-refractivity contribution is 5.94. The number of carbonyl (C=O) groups is 2. The van der Waals surface area contributed by atoms with Gasteiger partial charge in [-0.15, -0.1) is 0 Å². The summed E-state index contributed by atoms with van der Waals surface area (Å²) in [5.41, 5.74) is 0.448. The van der Waals surface area contributed by atoms with Gasteiger partial charge in [-0.1, -0.05) is 0 Å². The Morgan fingerprint density at radius 1 is 1.15 bits per heavy atom. The number of anilines is 2. The first-order valence-electron chi connectivity index (χ1n) is 7.69. The number of nitrogens with zero attached hydrogens (tertiary/aromatic N) is 3. The minimum atomic E-state index is -0.572. The fourth-order valence-electron chi connectivity index (χ4n) is 2.03. The molecule has 0 spiro atoms. The molecule has 0 unspecified atom stereocenters. The number of esters is 1. The first kappa shape index (κ1) is 19.0. The lowest BCUT2D eigenvalue weighted by atomic mass is 10.2. The second-order valence-electron chi connectivity index (χ2n) is 5.18. The number of ether oxygens (including phenoxy) is 3. The quantitative estimate of drug-likeness (QED) is 0.699. The van der Waals surface area contributed by atoms with Crippen molar-refractivity contribution in [3.63, 3.8) is 0 Å². The molecule has 0 aliphatic rings. The smallest absolute Gasteiger partial charge is 0.326 e. The van der Waals surface area contributed by atoms with Crippen LogP contribution in [0.5, 0.6) is 11.5 Å². The molecule has 9 heteroatoms. The van der Waals surface area contributed by atoms with Crippen molar-refractivity contribution in [2.24, 2.45) is 0 Å². The molecule has 2 aromatic rings. The van der Waals surface area contributed by atoms with E-state index < -0.39 is 18.5 Å². The number of nitrogens with one attached hydrogen (secondary N) is 1. The van der Waals surface area contributed by atoms with Gasteiger partial charge in [-0.25, -0.2) is 9.97 Å². The summed E-state index contributed by atoms with van der Waals surface area (Å²) in [6.45, 7) is -0.499. The zero-order chi connectivity index (χ0) is 18.9. The Morgan fingerprint density at radius 3 is 2.54 bits per heavy atom. The van der Waals surface area contributed by atoms with E-state index in [2.05, 4.69) is 15.3 Å². The second-order valence-corrected chi connectivity index (χ2v) is 5.18. The summed E-state index contributed by atoms with van der Waals surface area (Å²) in [6.07, 6.45) is 3.14. The number of rotatable bonds is 8. The third-order valence-electron chi connectivity index (χ3n) is 3.31. The van der Waals surface area contributed by atoms with Crippen LogP contribution in [-0.4, -0.2) is 56.3 Å². The number of amides is 1. The van der Waals surface area contributed by atoms with E-state index >= 15 is 0 Å². The second kappa shape index (κ2) is 9.21. The molecule has 1 aromatic carbocycles. The van der Waals surface area contributed by atoms with E-state index in [1.54, 1.807) is 43.7 Å². The van der Waals surface area contributed by atoms with E-state index in [-0.39, 0.29) is 6.54 Å². The van der Waals surface area contributed by atoms with E-state index in [1.165, 1.54) is 19.1 Å². The number of carbonyl (C=O) groups excluding carboxylic acids is 2. The third-order valence-corrected chi connectivity index (χ3v) is 3.31. The molecule has 0 aliphatic carbocycles. The molecular weight excluding hydrogens is 340 g/mol. The molecule has 1 heterocycles. The summed E-state index contributed by atoms with van der Waals surface area (Å²) < 4.78 is 15.3. The predicted octanol–water partition coefficient (Wildman–Crippen LogP) is 1.11. The lowest BCUT2D eigenvalue weighted by Gasteiger charge is -2.15. The summed E-state index contributed by atoms with van der Waals surface area (Å²) in [6, 6.07) is 6.63. The fourth-order valence-corrected chi connectivity index (χ4v) is 2.03. The molecule has 0 radical (unpaired) electrons.